The number of carbonyl (C=O) groups excluding carboxylic acids is 1. The quantitative estimate of drug-likeness (QED) is 0.633. The molecular weight excluding hydrogens is 362 g/mol. The Morgan fingerprint density at radius 2 is 1.78 bits per heavy atom. The number of aromatic nitrogens is 2. The third-order valence-electron chi connectivity index (χ3n) is 4.17. The Bertz CT molecular complexity index is 902. The summed E-state index contributed by atoms with van der Waals surface area (Å²) in [6.45, 7) is 6.16. The first-order valence-electron chi connectivity index (χ1n) is 8.89. The van der Waals surface area contributed by atoms with Crippen LogP contribution in [-0.2, 0) is 0 Å². The molecule has 6 heteroatoms. The van der Waals surface area contributed by atoms with E-state index in [0.717, 1.165) is 11.1 Å². The summed E-state index contributed by atoms with van der Waals surface area (Å²) in [7, 11) is 0. The second-order valence-electron chi connectivity index (χ2n) is 6.98. The van der Waals surface area contributed by atoms with Crippen LogP contribution in [0.1, 0.15) is 48.1 Å². The summed E-state index contributed by atoms with van der Waals surface area (Å²) >= 11 is 5.93. The lowest BCUT2D eigenvalue weighted by molar-refractivity contribution is 0.0922. The van der Waals surface area contributed by atoms with Gasteiger partial charge in [-0.15, -0.1) is 0 Å². The Labute approximate surface area is 163 Å². The summed E-state index contributed by atoms with van der Waals surface area (Å²) in [5, 5.41) is 7.72. The van der Waals surface area contributed by atoms with E-state index in [0.29, 0.717) is 34.6 Å². The maximum atomic E-state index is 12.6. The molecule has 1 unspecified atom stereocenters. The molecule has 1 aromatic heterocycles. The van der Waals surface area contributed by atoms with E-state index in [2.05, 4.69) is 29.3 Å². The lowest BCUT2D eigenvalue weighted by atomic mass is 10.0. The number of nitrogens with one attached hydrogen (secondary N) is 1. The number of aryl methyl sites for hydroxylation is 1. The molecule has 3 rings (SSSR count). The highest BCUT2D eigenvalue weighted by atomic mass is 35.5. The predicted molar refractivity (Wildman–Crippen MR) is 106 cm³/mol. The van der Waals surface area contributed by atoms with E-state index >= 15 is 0 Å². The average molecular weight is 384 g/mol. The zero-order valence-corrected chi connectivity index (χ0v) is 16.3. The Hall–Kier alpha value is -2.66. The van der Waals surface area contributed by atoms with Gasteiger partial charge in [-0.1, -0.05) is 48.3 Å². The molecule has 5 nitrogen and oxygen atoms in total. The molecule has 3 aromatic rings. The maximum Gasteiger partial charge on any atom is 0.251 e. The van der Waals surface area contributed by atoms with E-state index in [1.807, 2.05) is 43.3 Å². The molecule has 140 valence electrons. The number of carbonyl (C=O) groups is 1. The van der Waals surface area contributed by atoms with Crippen LogP contribution in [0.15, 0.2) is 53.1 Å². The van der Waals surface area contributed by atoms with Crippen LogP contribution in [0.5, 0.6) is 0 Å². The third-order valence-corrected chi connectivity index (χ3v) is 4.42. The molecule has 1 atom stereocenters. The zero-order chi connectivity index (χ0) is 19.4. The van der Waals surface area contributed by atoms with Crippen LogP contribution in [0.2, 0.25) is 5.02 Å². The van der Waals surface area contributed by atoms with Gasteiger partial charge in [0, 0.05) is 16.1 Å². The molecule has 1 heterocycles. The van der Waals surface area contributed by atoms with Crippen LogP contribution in [0.25, 0.3) is 11.4 Å². The smallest absolute Gasteiger partial charge is 0.251 e. The van der Waals surface area contributed by atoms with Crippen molar-refractivity contribution in [1.29, 1.82) is 0 Å². The molecule has 0 bridgehead atoms. The molecule has 2 aromatic carbocycles. The Morgan fingerprint density at radius 1 is 1.11 bits per heavy atom. The van der Waals surface area contributed by atoms with Crippen molar-refractivity contribution in [3.63, 3.8) is 0 Å². The Morgan fingerprint density at radius 3 is 2.41 bits per heavy atom. The molecule has 27 heavy (non-hydrogen) atoms. The van der Waals surface area contributed by atoms with Crippen LogP contribution >= 0.6 is 11.6 Å². The zero-order valence-electron chi connectivity index (χ0n) is 15.6. The molecule has 0 saturated heterocycles. The van der Waals surface area contributed by atoms with Gasteiger partial charge in [-0.2, -0.15) is 4.98 Å². The Kier molecular flexibility index (Phi) is 5.91. The van der Waals surface area contributed by atoms with Gasteiger partial charge in [-0.3, -0.25) is 4.79 Å². The second-order valence-corrected chi connectivity index (χ2v) is 7.42. The van der Waals surface area contributed by atoms with Crippen molar-refractivity contribution in [2.24, 2.45) is 5.92 Å². The molecule has 0 aliphatic heterocycles. The maximum absolute atomic E-state index is 12.6. The van der Waals surface area contributed by atoms with Gasteiger partial charge < -0.3 is 9.84 Å². The first kappa shape index (κ1) is 19.1. The molecule has 0 aliphatic rings. The van der Waals surface area contributed by atoms with Crippen molar-refractivity contribution < 1.29 is 9.32 Å². The third kappa shape index (κ3) is 4.95. The van der Waals surface area contributed by atoms with Crippen LogP contribution in [0.3, 0.4) is 0 Å². The summed E-state index contributed by atoms with van der Waals surface area (Å²) in [4.78, 5) is 17.1. The molecule has 0 aliphatic carbocycles. The van der Waals surface area contributed by atoms with E-state index in [4.69, 9.17) is 16.1 Å². The van der Waals surface area contributed by atoms with Crippen molar-refractivity contribution in [1.82, 2.24) is 15.5 Å². The summed E-state index contributed by atoms with van der Waals surface area (Å²) in [5.74, 6) is 1.06. The van der Waals surface area contributed by atoms with Crippen molar-refractivity contribution in [3.8, 4) is 11.4 Å². The molecule has 0 fully saturated rings. The summed E-state index contributed by atoms with van der Waals surface area (Å²) in [6.07, 6.45) is 0.694. The van der Waals surface area contributed by atoms with E-state index in [1.165, 1.54) is 0 Å². The SMILES string of the molecule is Cc1ccc(C(=O)NC(CC(C)C)c2nc(-c3ccc(Cl)cc3)no2)cc1. The number of benzene rings is 2. The van der Waals surface area contributed by atoms with Crippen molar-refractivity contribution in [2.45, 2.75) is 33.2 Å². The van der Waals surface area contributed by atoms with Crippen LogP contribution < -0.4 is 5.32 Å². The topological polar surface area (TPSA) is 68.0 Å². The number of halogens is 1. The molecule has 1 amide bonds. The lowest BCUT2D eigenvalue weighted by Gasteiger charge is -2.17. The molecule has 0 saturated carbocycles. The van der Waals surface area contributed by atoms with E-state index in [1.54, 1.807) is 12.1 Å². The van der Waals surface area contributed by atoms with Crippen LogP contribution in [0.4, 0.5) is 0 Å². The molecule has 0 spiro atoms. The van der Waals surface area contributed by atoms with Gasteiger partial charge in [0.05, 0.1) is 0 Å². The fourth-order valence-corrected chi connectivity index (χ4v) is 2.86. The minimum absolute atomic E-state index is 0.160. The molecule has 1 N–H and O–H groups in total. The standard InChI is InChI=1S/C21H22ClN3O2/c1-13(2)12-18(23-20(26)16-6-4-14(3)5-7-16)21-24-19(25-27-21)15-8-10-17(22)11-9-15/h4-11,13,18H,12H2,1-3H3,(H,23,26). The average Bonchev–Trinajstić information content (AvgIpc) is 3.12. The van der Waals surface area contributed by atoms with E-state index < -0.39 is 0 Å². The van der Waals surface area contributed by atoms with Crippen molar-refractivity contribution in [3.05, 3.63) is 70.6 Å². The van der Waals surface area contributed by atoms with Crippen molar-refractivity contribution in [2.75, 3.05) is 0 Å². The fourth-order valence-electron chi connectivity index (χ4n) is 2.73. The van der Waals surface area contributed by atoms with E-state index in [-0.39, 0.29) is 11.9 Å². The van der Waals surface area contributed by atoms with Gasteiger partial charge in [0.25, 0.3) is 5.91 Å². The monoisotopic (exact) mass is 383 g/mol. The summed E-state index contributed by atoms with van der Waals surface area (Å²) in [6, 6.07) is 14.3. The molecular formula is C21H22ClN3O2. The minimum Gasteiger partial charge on any atom is -0.340 e. The molecule has 0 radical (unpaired) electrons. The first-order chi connectivity index (χ1) is 12.9. The minimum atomic E-state index is -0.354. The van der Waals surface area contributed by atoms with Crippen molar-refractivity contribution >= 4 is 17.5 Å². The lowest BCUT2D eigenvalue weighted by Crippen LogP contribution is -2.29. The van der Waals surface area contributed by atoms with Crippen LogP contribution in [0, 0.1) is 12.8 Å². The highest BCUT2D eigenvalue weighted by Gasteiger charge is 2.23. The van der Waals surface area contributed by atoms with Gasteiger partial charge >= 0.3 is 0 Å². The highest BCUT2D eigenvalue weighted by Crippen LogP contribution is 2.24. The number of hydrogen-bond donors (Lipinski definition) is 1. The van der Waals surface area contributed by atoms with E-state index in [9.17, 15) is 4.79 Å². The first-order valence-corrected chi connectivity index (χ1v) is 9.27. The summed E-state index contributed by atoms with van der Waals surface area (Å²) < 4.78 is 5.46. The number of rotatable bonds is 6. The second kappa shape index (κ2) is 8.35. The predicted octanol–water partition coefficient (Wildman–Crippen LogP) is 5.22. The largest absolute Gasteiger partial charge is 0.340 e. The van der Waals surface area contributed by atoms with Gasteiger partial charge in [-0.05, 0) is 55.7 Å². The fraction of sp³-hybridized carbons (Fsp3) is 0.286. The summed E-state index contributed by atoms with van der Waals surface area (Å²) in [5.41, 5.74) is 2.52. The number of hydrogen-bond acceptors (Lipinski definition) is 4. The highest BCUT2D eigenvalue weighted by molar-refractivity contribution is 6.30. The van der Waals surface area contributed by atoms with Gasteiger partial charge in [0.15, 0.2) is 0 Å². The van der Waals surface area contributed by atoms with Gasteiger partial charge in [0.2, 0.25) is 11.7 Å². The van der Waals surface area contributed by atoms with Gasteiger partial charge in [0.1, 0.15) is 6.04 Å². The normalized spacial score (nSPS) is 12.2. The Balaban J connectivity index is 1.81. The number of nitrogens with zero attached hydrogens (tertiary/aromatic N) is 2. The van der Waals surface area contributed by atoms with Crippen LogP contribution in [-0.4, -0.2) is 16.0 Å². The number of amides is 1. The van der Waals surface area contributed by atoms with Gasteiger partial charge in [-0.25, -0.2) is 0 Å².